The van der Waals surface area contributed by atoms with Gasteiger partial charge < -0.3 is 9.72 Å². The lowest BCUT2D eigenvalue weighted by Gasteiger charge is -2.09. The number of nitrogens with one attached hydrogen (secondary N) is 1. The van der Waals surface area contributed by atoms with Gasteiger partial charge in [0.15, 0.2) is 5.75 Å². The Hall–Kier alpha value is -2.07. The van der Waals surface area contributed by atoms with E-state index in [4.69, 9.17) is 4.74 Å². The summed E-state index contributed by atoms with van der Waals surface area (Å²) in [7, 11) is 1.67. The van der Waals surface area contributed by atoms with Crippen LogP contribution in [0.25, 0.3) is 32.7 Å². The molecule has 4 aromatic rings. The molecular weight excluding hydrogens is 316 g/mol. The van der Waals surface area contributed by atoms with Crippen molar-refractivity contribution < 1.29 is 4.74 Å². The standard InChI is InChI=1S/C16H11BrN2O/c1-20-16-13(17)15-12(10-6-4-8-18-14(10)16)9-5-2-3-7-11(9)19-15/h2-8,19H,1H3. The van der Waals surface area contributed by atoms with Crippen LogP contribution in [0.3, 0.4) is 0 Å². The normalized spacial score (nSPS) is 11.5. The molecule has 3 nitrogen and oxygen atoms in total. The van der Waals surface area contributed by atoms with Gasteiger partial charge in [-0.2, -0.15) is 0 Å². The number of ether oxygens (including phenoxy) is 1. The summed E-state index contributed by atoms with van der Waals surface area (Å²) in [5.41, 5.74) is 3.03. The molecule has 0 fully saturated rings. The van der Waals surface area contributed by atoms with Gasteiger partial charge in [0.2, 0.25) is 0 Å². The van der Waals surface area contributed by atoms with Crippen molar-refractivity contribution in [1.29, 1.82) is 0 Å². The van der Waals surface area contributed by atoms with Gasteiger partial charge in [0, 0.05) is 27.9 Å². The van der Waals surface area contributed by atoms with Crippen LogP contribution >= 0.6 is 15.9 Å². The zero-order valence-electron chi connectivity index (χ0n) is 10.8. The molecule has 0 saturated carbocycles. The largest absolute Gasteiger partial charge is 0.493 e. The van der Waals surface area contributed by atoms with Crippen molar-refractivity contribution in [1.82, 2.24) is 9.97 Å². The van der Waals surface area contributed by atoms with Crippen LogP contribution in [0, 0.1) is 0 Å². The number of nitrogens with zero attached hydrogens (tertiary/aromatic N) is 1. The number of methoxy groups -OCH3 is 1. The molecule has 98 valence electrons. The lowest BCUT2D eigenvalue weighted by molar-refractivity contribution is 0.417. The first kappa shape index (κ1) is 11.7. The fourth-order valence-corrected chi connectivity index (χ4v) is 3.43. The number of rotatable bonds is 1. The summed E-state index contributed by atoms with van der Waals surface area (Å²) >= 11 is 3.64. The maximum Gasteiger partial charge on any atom is 0.161 e. The first-order valence-electron chi connectivity index (χ1n) is 6.32. The molecule has 2 aromatic heterocycles. The molecule has 0 aliphatic rings. The summed E-state index contributed by atoms with van der Waals surface area (Å²) in [6.45, 7) is 0. The first-order chi connectivity index (χ1) is 9.81. The van der Waals surface area contributed by atoms with Gasteiger partial charge in [-0.05, 0) is 28.1 Å². The summed E-state index contributed by atoms with van der Waals surface area (Å²) in [6.07, 6.45) is 1.79. The van der Waals surface area contributed by atoms with Gasteiger partial charge in [0.1, 0.15) is 5.52 Å². The molecule has 0 unspecified atom stereocenters. The van der Waals surface area contributed by atoms with Crippen LogP contribution in [-0.2, 0) is 0 Å². The van der Waals surface area contributed by atoms with Crippen LogP contribution < -0.4 is 4.74 Å². The Morgan fingerprint density at radius 3 is 2.75 bits per heavy atom. The van der Waals surface area contributed by atoms with Crippen molar-refractivity contribution in [2.24, 2.45) is 0 Å². The number of aromatic amines is 1. The molecule has 4 heteroatoms. The van der Waals surface area contributed by atoms with Crippen molar-refractivity contribution >= 4 is 48.6 Å². The zero-order chi connectivity index (χ0) is 13.7. The Morgan fingerprint density at radius 2 is 1.90 bits per heavy atom. The van der Waals surface area contributed by atoms with E-state index in [1.165, 1.54) is 10.8 Å². The summed E-state index contributed by atoms with van der Waals surface area (Å²) in [5, 5.41) is 3.47. The molecule has 0 bridgehead atoms. The predicted molar refractivity (Wildman–Crippen MR) is 85.4 cm³/mol. The molecule has 2 heterocycles. The number of hydrogen-bond acceptors (Lipinski definition) is 2. The molecule has 4 rings (SSSR count). The lowest BCUT2D eigenvalue weighted by Crippen LogP contribution is -1.90. The number of fused-ring (bicyclic) bond motifs is 5. The quantitative estimate of drug-likeness (QED) is 0.553. The summed E-state index contributed by atoms with van der Waals surface area (Å²) in [6, 6.07) is 12.3. The molecule has 2 aromatic carbocycles. The minimum Gasteiger partial charge on any atom is -0.493 e. The van der Waals surface area contributed by atoms with Gasteiger partial charge in [0.05, 0.1) is 17.1 Å². The lowest BCUT2D eigenvalue weighted by atomic mass is 10.1. The van der Waals surface area contributed by atoms with Crippen molar-refractivity contribution in [2.75, 3.05) is 7.11 Å². The van der Waals surface area contributed by atoms with E-state index >= 15 is 0 Å². The van der Waals surface area contributed by atoms with Crippen molar-refractivity contribution in [3.63, 3.8) is 0 Å². The fraction of sp³-hybridized carbons (Fsp3) is 0.0625. The number of H-pyrrole nitrogens is 1. The van der Waals surface area contributed by atoms with Gasteiger partial charge in [-0.3, -0.25) is 4.98 Å². The smallest absolute Gasteiger partial charge is 0.161 e. The number of aromatic nitrogens is 2. The van der Waals surface area contributed by atoms with Crippen LogP contribution in [0.2, 0.25) is 0 Å². The summed E-state index contributed by atoms with van der Waals surface area (Å²) in [4.78, 5) is 7.94. The first-order valence-corrected chi connectivity index (χ1v) is 7.11. The molecule has 20 heavy (non-hydrogen) atoms. The molecular formula is C16H11BrN2O. The molecule has 0 amide bonds. The average molecular weight is 327 g/mol. The molecule has 0 aliphatic carbocycles. The van der Waals surface area contributed by atoms with E-state index in [1.807, 2.05) is 12.1 Å². The second kappa shape index (κ2) is 4.21. The van der Waals surface area contributed by atoms with E-state index in [2.05, 4.69) is 50.2 Å². The molecule has 0 saturated heterocycles. The molecule has 1 N–H and O–H groups in total. The van der Waals surface area contributed by atoms with E-state index in [1.54, 1.807) is 13.3 Å². The highest BCUT2D eigenvalue weighted by Gasteiger charge is 2.17. The average Bonchev–Trinajstić information content (AvgIpc) is 2.88. The Morgan fingerprint density at radius 1 is 1.10 bits per heavy atom. The Kier molecular flexibility index (Phi) is 2.47. The third-order valence-electron chi connectivity index (χ3n) is 3.62. The third kappa shape index (κ3) is 1.42. The van der Waals surface area contributed by atoms with E-state index in [-0.39, 0.29) is 0 Å². The Bertz CT molecular complexity index is 959. The van der Waals surface area contributed by atoms with Crippen molar-refractivity contribution in [3.05, 3.63) is 47.1 Å². The monoisotopic (exact) mass is 326 g/mol. The maximum absolute atomic E-state index is 5.53. The molecule has 0 spiro atoms. The van der Waals surface area contributed by atoms with Crippen LogP contribution in [0.15, 0.2) is 47.1 Å². The van der Waals surface area contributed by atoms with Crippen LogP contribution in [0.5, 0.6) is 5.75 Å². The van der Waals surface area contributed by atoms with Crippen LogP contribution in [-0.4, -0.2) is 17.1 Å². The Labute approximate surface area is 123 Å². The number of benzene rings is 2. The highest BCUT2D eigenvalue weighted by atomic mass is 79.9. The second-order valence-corrected chi connectivity index (χ2v) is 5.46. The van der Waals surface area contributed by atoms with Gasteiger partial charge in [-0.1, -0.05) is 24.3 Å². The van der Waals surface area contributed by atoms with Crippen LogP contribution in [0.4, 0.5) is 0 Å². The fourth-order valence-electron chi connectivity index (χ4n) is 2.78. The number of pyridine rings is 1. The minimum absolute atomic E-state index is 0.764. The van der Waals surface area contributed by atoms with Gasteiger partial charge in [-0.25, -0.2) is 0 Å². The van der Waals surface area contributed by atoms with Gasteiger partial charge in [0.25, 0.3) is 0 Å². The van der Waals surface area contributed by atoms with Gasteiger partial charge >= 0.3 is 0 Å². The van der Waals surface area contributed by atoms with E-state index in [0.717, 1.165) is 32.2 Å². The van der Waals surface area contributed by atoms with Gasteiger partial charge in [-0.15, -0.1) is 0 Å². The number of halogens is 1. The predicted octanol–water partition coefficient (Wildman–Crippen LogP) is 4.64. The topological polar surface area (TPSA) is 37.9 Å². The van der Waals surface area contributed by atoms with E-state index in [0.29, 0.717) is 0 Å². The number of para-hydroxylation sites is 1. The zero-order valence-corrected chi connectivity index (χ0v) is 12.4. The van der Waals surface area contributed by atoms with Crippen molar-refractivity contribution in [3.8, 4) is 5.75 Å². The highest BCUT2D eigenvalue weighted by molar-refractivity contribution is 9.10. The summed E-state index contributed by atoms with van der Waals surface area (Å²) in [5.74, 6) is 0.764. The second-order valence-electron chi connectivity index (χ2n) is 4.67. The number of hydrogen-bond donors (Lipinski definition) is 1. The van der Waals surface area contributed by atoms with E-state index in [9.17, 15) is 0 Å². The summed E-state index contributed by atoms with van der Waals surface area (Å²) < 4.78 is 6.45. The SMILES string of the molecule is COc1c(Br)c2[nH]c3ccccc3c2c2cccnc12. The maximum atomic E-state index is 5.53. The van der Waals surface area contributed by atoms with Crippen molar-refractivity contribution in [2.45, 2.75) is 0 Å². The minimum atomic E-state index is 0.764. The highest BCUT2D eigenvalue weighted by Crippen LogP contribution is 2.42. The Balaban J connectivity index is 2.39. The van der Waals surface area contributed by atoms with E-state index < -0.39 is 0 Å². The molecule has 0 aliphatic heterocycles. The van der Waals surface area contributed by atoms with Crippen LogP contribution in [0.1, 0.15) is 0 Å². The molecule has 0 radical (unpaired) electrons. The molecule has 0 atom stereocenters. The third-order valence-corrected chi connectivity index (χ3v) is 4.38.